The molecule has 0 fully saturated rings. The highest BCUT2D eigenvalue weighted by Gasteiger charge is 2.24. The van der Waals surface area contributed by atoms with Crippen molar-refractivity contribution in [1.29, 1.82) is 0 Å². The Morgan fingerprint density at radius 3 is 2.60 bits per heavy atom. The minimum absolute atomic E-state index is 0.118. The second-order valence-corrected chi connectivity index (χ2v) is 6.03. The van der Waals surface area contributed by atoms with E-state index < -0.39 is 0 Å². The van der Waals surface area contributed by atoms with E-state index in [0.717, 1.165) is 18.9 Å². The zero-order valence-corrected chi connectivity index (χ0v) is 14.2. The normalized spacial score (nSPS) is 14.0. The first-order valence-corrected chi connectivity index (χ1v) is 8.34. The molecule has 1 aromatic heterocycles. The van der Waals surface area contributed by atoms with E-state index in [0.29, 0.717) is 32.0 Å². The highest BCUT2D eigenvalue weighted by molar-refractivity contribution is 5.90. The number of carbonyl (C=O) groups excluding carboxylic acids is 2. The number of hydrogen-bond acceptors (Lipinski definition) is 5. The number of carbonyl (C=O) groups is 2. The molecule has 132 valence electrons. The van der Waals surface area contributed by atoms with Gasteiger partial charge in [0, 0.05) is 39.6 Å². The molecule has 0 atom stereocenters. The zero-order chi connectivity index (χ0) is 17.6. The van der Waals surface area contributed by atoms with Crippen LogP contribution in [0.25, 0.3) is 0 Å². The molecule has 0 spiro atoms. The SMILES string of the molecule is CC(=O)NCCNC(=O)c1nnc2n1CCN(Cc1ccccc1)C2. The number of hydrogen-bond donors (Lipinski definition) is 2. The quantitative estimate of drug-likeness (QED) is 0.730. The van der Waals surface area contributed by atoms with Crippen LogP contribution in [0.5, 0.6) is 0 Å². The van der Waals surface area contributed by atoms with Crippen LogP contribution in [0.4, 0.5) is 0 Å². The van der Waals surface area contributed by atoms with Crippen molar-refractivity contribution in [2.45, 2.75) is 26.6 Å². The Morgan fingerprint density at radius 1 is 1.08 bits per heavy atom. The van der Waals surface area contributed by atoms with E-state index in [1.54, 1.807) is 0 Å². The topological polar surface area (TPSA) is 92.1 Å². The second kappa shape index (κ2) is 7.89. The van der Waals surface area contributed by atoms with Gasteiger partial charge in [0.25, 0.3) is 5.91 Å². The Bertz CT molecular complexity index is 743. The van der Waals surface area contributed by atoms with Gasteiger partial charge in [-0.25, -0.2) is 0 Å². The van der Waals surface area contributed by atoms with Gasteiger partial charge in [0.2, 0.25) is 11.7 Å². The van der Waals surface area contributed by atoms with Crippen LogP contribution in [0.2, 0.25) is 0 Å². The average molecular weight is 342 g/mol. The predicted octanol–water partition coefficient (Wildman–Crippen LogP) is 0.160. The fourth-order valence-corrected chi connectivity index (χ4v) is 2.85. The van der Waals surface area contributed by atoms with E-state index in [2.05, 4.69) is 37.9 Å². The molecule has 1 aliphatic rings. The average Bonchev–Trinajstić information content (AvgIpc) is 3.02. The van der Waals surface area contributed by atoms with Gasteiger partial charge in [-0.1, -0.05) is 30.3 Å². The summed E-state index contributed by atoms with van der Waals surface area (Å²) in [6.45, 7) is 5.24. The van der Waals surface area contributed by atoms with Crippen molar-refractivity contribution in [3.8, 4) is 0 Å². The van der Waals surface area contributed by atoms with Gasteiger partial charge in [-0.15, -0.1) is 10.2 Å². The van der Waals surface area contributed by atoms with E-state index in [-0.39, 0.29) is 11.8 Å². The van der Waals surface area contributed by atoms with Crippen LogP contribution in [0.15, 0.2) is 30.3 Å². The summed E-state index contributed by atoms with van der Waals surface area (Å²) < 4.78 is 1.87. The van der Waals surface area contributed by atoms with Crippen LogP contribution >= 0.6 is 0 Å². The molecule has 2 aromatic rings. The standard InChI is InChI=1S/C17H22N6O2/c1-13(24)18-7-8-19-17(25)16-21-20-15-12-22(9-10-23(15)16)11-14-5-3-2-4-6-14/h2-6H,7-12H2,1H3,(H,18,24)(H,19,25). The smallest absolute Gasteiger partial charge is 0.289 e. The molecule has 0 bridgehead atoms. The van der Waals surface area contributed by atoms with Gasteiger partial charge in [0.1, 0.15) is 5.82 Å². The number of amides is 2. The highest BCUT2D eigenvalue weighted by Crippen LogP contribution is 2.15. The monoisotopic (exact) mass is 342 g/mol. The number of rotatable bonds is 6. The van der Waals surface area contributed by atoms with Crippen molar-refractivity contribution in [1.82, 2.24) is 30.3 Å². The van der Waals surface area contributed by atoms with Gasteiger partial charge >= 0.3 is 0 Å². The van der Waals surface area contributed by atoms with Crippen LogP contribution in [0, 0.1) is 0 Å². The number of nitrogens with zero attached hydrogens (tertiary/aromatic N) is 4. The third-order valence-corrected chi connectivity index (χ3v) is 4.07. The van der Waals surface area contributed by atoms with Gasteiger partial charge in [0.15, 0.2) is 0 Å². The summed E-state index contributed by atoms with van der Waals surface area (Å²) >= 11 is 0. The van der Waals surface area contributed by atoms with Crippen LogP contribution in [0.3, 0.4) is 0 Å². The van der Waals surface area contributed by atoms with Crippen molar-refractivity contribution >= 4 is 11.8 Å². The number of nitrogens with one attached hydrogen (secondary N) is 2. The lowest BCUT2D eigenvalue weighted by atomic mass is 10.2. The molecule has 2 amide bonds. The third kappa shape index (κ3) is 4.42. The van der Waals surface area contributed by atoms with Gasteiger partial charge in [-0.3, -0.25) is 14.5 Å². The van der Waals surface area contributed by atoms with Crippen LogP contribution in [-0.4, -0.2) is 51.1 Å². The first-order chi connectivity index (χ1) is 12.1. The first kappa shape index (κ1) is 17.1. The van der Waals surface area contributed by atoms with Gasteiger partial charge in [-0.2, -0.15) is 0 Å². The van der Waals surface area contributed by atoms with Crippen molar-refractivity contribution in [2.24, 2.45) is 0 Å². The van der Waals surface area contributed by atoms with Crippen LogP contribution < -0.4 is 10.6 Å². The summed E-state index contributed by atoms with van der Waals surface area (Å²) in [4.78, 5) is 25.3. The molecule has 0 saturated carbocycles. The van der Waals surface area contributed by atoms with Crippen molar-refractivity contribution in [3.05, 3.63) is 47.5 Å². The molecule has 0 radical (unpaired) electrons. The Balaban J connectivity index is 1.56. The van der Waals surface area contributed by atoms with E-state index in [9.17, 15) is 9.59 Å². The fraction of sp³-hybridized carbons (Fsp3) is 0.412. The lowest BCUT2D eigenvalue weighted by Gasteiger charge is -2.27. The molecule has 0 saturated heterocycles. The number of aromatic nitrogens is 3. The minimum atomic E-state index is -0.263. The molecule has 25 heavy (non-hydrogen) atoms. The molecular formula is C17H22N6O2. The van der Waals surface area contributed by atoms with E-state index in [4.69, 9.17) is 0 Å². The van der Waals surface area contributed by atoms with Crippen molar-refractivity contribution in [2.75, 3.05) is 19.6 Å². The van der Waals surface area contributed by atoms with Gasteiger partial charge < -0.3 is 15.2 Å². The third-order valence-electron chi connectivity index (χ3n) is 4.07. The molecule has 1 aliphatic heterocycles. The zero-order valence-electron chi connectivity index (χ0n) is 14.2. The number of benzene rings is 1. The summed E-state index contributed by atoms with van der Waals surface area (Å²) in [6, 6.07) is 10.3. The highest BCUT2D eigenvalue weighted by atomic mass is 16.2. The molecule has 8 heteroatoms. The summed E-state index contributed by atoms with van der Waals surface area (Å²) in [5, 5.41) is 13.6. The maximum Gasteiger partial charge on any atom is 0.289 e. The maximum atomic E-state index is 12.2. The Hall–Kier alpha value is -2.74. The first-order valence-electron chi connectivity index (χ1n) is 8.34. The van der Waals surface area contributed by atoms with E-state index in [1.807, 2.05) is 22.8 Å². The summed E-state index contributed by atoms with van der Waals surface area (Å²) in [5.74, 6) is 0.750. The predicted molar refractivity (Wildman–Crippen MR) is 91.6 cm³/mol. The lowest BCUT2D eigenvalue weighted by Crippen LogP contribution is -2.37. The molecule has 0 aliphatic carbocycles. The van der Waals surface area contributed by atoms with Crippen molar-refractivity contribution < 1.29 is 9.59 Å². The molecular weight excluding hydrogens is 320 g/mol. The molecule has 0 unspecified atom stereocenters. The summed E-state index contributed by atoms with van der Waals surface area (Å²) in [5.41, 5.74) is 1.26. The van der Waals surface area contributed by atoms with Crippen molar-refractivity contribution in [3.63, 3.8) is 0 Å². The maximum absolute atomic E-state index is 12.2. The van der Waals surface area contributed by atoms with Gasteiger partial charge in [0.05, 0.1) is 6.54 Å². The van der Waals surface area contributed by atoms with Crippen LogP contribution in [-0.2, 0) is 24.4 Å². The summed E-state index contributed by atoms with van der Waals surface area (Å²) in [6.07, 6.45) is 0. The van der Waals surface area contributed by atoms with E-state index >= 15 is 0 Å². The summed E-state index contributed by atoms with van der Waals surface area (Å²) in [7, 11) is 0. The molecule has 2 N–H and O–H groups in total. The molecule has 8 nitrogen and oxygen atoms in total. The second-order valence-electron chi connectivity index (χ2n) is 6.03. The van der Waals surface area contributed by atoms with E-state index in [1.165, 1.54) is 12.5 Å². The molecule has 3 rings (SSSR count). The largest absolute Gasteiger partial charge is 0.355 e. The molecule has 1 aromatic carbocycles. The fourth-order valence-electron chi connectivity index (χ4n) is 2.85. The number of fused-ring (bicyclic) bond motifs is 1. The van der Waals surface area contributed by atoms with Crippen LogP contribution in [0.1, 0.15) is 28.9 Å². The van der Waals surface area contributed by atoms with Gasteiger partial charge in [-0.05, 0) is 5.56 Å². The Morgan fingerprint density at radius 2 is 1.84 bits per heavy atom. The molecule has 2 heterocycles. The Labute approximate surface area is 146 Å². The minimum Gasteiger partial charge on any atom is -0.355 e. The Kier molecular flexibility index (Phi) is 5.39. The lowest BCUT2D eigenvalue weighted by molar-refractivity contribution is -0.118.